The van der Waals surface area contributed by atoms with Gasteiger partial charge in [-0.1, -0.05) is 0 Å². The first-order chi connectivity index (χ1) is 11.3. The SMILES string of the molecule is CCNC(=NCCCNC(=O)OC(C)(C)C)N(C)CC1CCOC1. The summed E-state index contributed by atoms with van der Waals surface area (Å²) in [6.07, 6.45) is 1.51. The van der Waals surface area contributed by atoms with Crippen molar-refractivity contribution in [1.82, 2.24) is 15.5 Å². The zero-order chi connectivity index (χ0) is 18.0. The van der Waals surface area contributed by atoms with Gasteiger partial charge in [0.2, 0.25) is 0 Å². The van der Waals surface area contributed by atoms with Gasteiger partial charge in [0.15, 0.2) is 5.96 Å². The van der Waals surface area contributed by atoms with Crippen molar-refractivity contribution in [1.29, 1.82) is 0 Å². The average Bonchev–Trinajstić information content (AvgIpc) is 2.96. The summed E-state index contributed by atoms with van der Waals surface area (Å²) in [5.41, 5.74) is -0.465. The second-order valence-corrected chi connectivity index (χ2v) is 7.13. The van der Waals surface area contributed by atoms with E-state index in [9.17, 15) is 4.79 Å². The Hall–Kier alpha value is -1.50. The zero-order valence-corrected chi connectivity index (χ0v) is 15.9. The summed E-state index contributed by atoms with van der Waals surface area (Å²) in [5, 5.41) is 6.06. The normalized spacial score (nSPS) is 18.4. The van der Waals surface area contributed by atoms with Gasteiger partial charge < -0.3 is 25.0 Å². The van der Waals surface area contributed by atoms with Crippen molar-refractivity contribution < 1.29 is 14.3 Å². The number of guanidine groups is 1. The highest BCUT2D eigenvalue weighted by Gasteiger charge is 2.19. The third-order valence-corrected chi connectivity index (χ3v) is 3.52. The number of nitrogens with zero attached hydrogens (tertiary/aromatic N) is 2. The van der Waals surface area contributed by atoms with Gasteiger partial charge in [0.1, 0.15) is 5.60 Å². The quantitative estimate of drug-likeness (QED) is 0.419. The molecule has 1 amide bonds. The molecule has 2 N–H and O–H groups in total. The van der Waals surface area contributed by atoms with Gasteiger partial charge in [0.25, 0.3) is 0 Å². The summed E-state index contributed by atoms with van der Waals surface area (Å²) in [6, 6.07) is 0. The maximum atomic E-state index is 11.6. The smallest absolute Gasteiger partial charge is 0.407 e. The predicted molar refractivity (Wildman–Crippen MR) is 96.4 cm³/mol. The number of hydrogen-bond acceptors (Lipinski definition) is 4. The molecule has 7 nitrogen and oxygen atoms in total. The van der Waals surface area contributed by atoms with E-state index in [1.165, 1.54) is 0 Å². The fraction of sp³-hybridized carbons (Fsp3) is 0.882. The fourth-order valence-corrected chi connectivity index (χ4v) is 2.44. The van der Waals surface area contributed by atoms with E-state index in [2.05, 4.69) is 34.5 Å². The van der Waals surface area contributed by atoms with Crippen LogP contribution in [0.15, 0.2) is 4.99 Å². The minimum atomic E-state index is -0.465. The van der Waals surface area contributed by atoms with Gasteiger partial charge in [0.05, 0.1) is 6.61 Å². The van der Waals surface area contributed by atoms with Gasteiger partial charge in [-0.3, -0.25) is 4.99 Å². The van der Waals surface area contributed by atoms with Gasteiger partial charge in [-0.15, -0.1) is 0 Å². The fourth-order valence-electron chi connectivity index (χ4n) is 2.44. The molecule has 0 radical (unpaired) electrons. The highest BCUT2D eigenvalue weighted by Crippen LogP contribution is 2.13. The molecule has 1 heterocycles. The van der Waals surface area contributed by atoms with E-state index in [1.54, 1.807) is 0 Å². The highest BCUT2D eigenvalue weighted by molar-refractivity contribution is 5.79. The third kappa shape index (κ3) is 8.96. The first-order valence-electron chi connectivity index (χ1n) is 8.86. The topological polar surface area (TPSA) is 75.2 Å². The van der Waals surface area contributed by atoms with E-state index < -0.39 is 5.60 Å². The number of nitrogens with one attached hydrogen (secondary N) is 2. The van der Waals surface area contributed by atoms with Crippen molar-refractivity contribution in [3.63, 3.8) is 0 Å². The van der Waals surface area contributed by atoms with E-state index in [1.807, 2.05) is 20.8 Å². The Morgan fingerprint density at radius 3 is 2.71 bits per heavy atom. The molecule has 24 heavy (non-hydrogen) atoms. The summed E-state index contributed by atoms with van der Waals surface area (Å²) >= 11 is 0. The van der Waals surface area contributed by atoms with Crippen LogP contribution in [0.3, 0.4) is 0 Å². The van der Waals surface area contributed by atoms with Crippen molar-refractivity contribution in [2.75, 3.05) is 46.4 Å². The molecule has 0 aliphatic carbocycles. The zero-order valence-electron chi connectivity index (χ0n) is 15.9. The summed E-state index contributed by atoms with van der Waals surface area (Å²) in [5.74, 6) is 1.48. The Labute approximate surface area is 146 Å². The molecule has 1 rings (SSSR count). The second-order valence-electron chi connectivity index (χ2n) is 7.13. The predicted octanol–water partition coefficient (Wildman–Crippen LogP) is 1.84. The van der Waals surface area contributed by atoms with E-state index in [-0.39, 0.29) is 6.09 Å². The standard InChI is InChI=1S/C17H34N4O3/c1-6-18-15(21(5)12-14-8-11-23-13-14)19-9-7-10-20-16(22)24-17(2,3)4/h14H,6-13H2,1-5H3,(H,18,19)(H,20,22). The van der Waals surface area contributed by atoms with Crippen molar-refractivity contribution in [2.24, 2.45) is 10.9 Å². The lowest BCUT2D eigenvalue weighted by Gasteiger charge is -2.24. The number of ether oxygens (including phenoxy) is 2. The van der Waals surface area contributed by atoms with Crippen LogP contribution in [0.2, 0.25) is 0 Å². The molecule has 0 spiro atoms. The summed E-state index contributed by atoms with van der Waals surface area (Å²) in [4.78, 5) is 18.3. The second kappa shape index (κ2) is 10.4. The van der Waals surface area contributed by atoms with Crippen LogP contribution < -0.4 is 10.6 Å². The minimum Gasteiger partial charge on any atom is -0.444 e. The summed E-state index contributed by atoms with van der Waals surface area (Å²) < 4.78 is 10.6. The van der Waals surface area contributed by atoms with Gasteiger partial charge in [0, 0.05) is 45.8 Å². The first kappa shape index (κ1) is 20.5. The lowest BCUT2D eigenvalue weighted by Crippen LogP contribution is -2.41. The lowest BCUT2D eigenvalue weighted by molar-refractivity contribution is 0.0527. The number of amides is 1. The Kier molecular flexibility index (Phi) is 8.89. The number of carbonyl (C=O) groups is 1. The van der Waals surface area contributed by atoms with Crippen molar-refractivity contribution in [3.05, 3.63) is 0 Å². The van der Waals surface area contributed by atoms with Crippen LogP contribution in [0.4, 0.5) is 4.79 Å². The van der Waals surface area contributed by atoms with Crippen molar-refractivity contribution in [2.45, 2.75) is 46.1 Å². The summed E-state index contributed by atoms with van der Waals surface area (Å²) in [7, 11) is 2.05. The van der Waals surface area contributed by atoms with Crippen LogP contribution in [0.25, 0.3) is 0 Å². The maximum absolute atomic E-state index is 11.6. The van der Waals surface area contributed by atoms with Crippen LogP contribution in [-0.4, -0.2) is 69.0 Å². The molecule has 1 saturated heterocycles. The molecule has 1 unspecified atom stereocenters. The van der Waals surface area contributed by atoms with Crippen molar-refractivity contribution in [3.8, 4) is 0 Å². The Morgan fingerprint density at radius 1 is 1.38 bits per heavy atom. The van der Waals surface area contributed by atoms with Gasteiger partial charge in [-0.2, -0.15) is 0 Å². The molecule has 0 bridgehead atoms. The Balaban J connectivity index is 2.30. The van der Waals surface area contributed by atoms with Crippen LogP contribution in [-0.2, 0) is 9.47 Å². The molecule has 0 aromatic rings. The van der Waals surface area contributed by atoms with E-state index in [0.29, 0.717) is 19.0 Å². The summed E-state index contributed by atoms with van der Waals surface area (Å²) in [6.45, 7) is 12.3. The number of rotatable bonds is 7. The minimum absolute atomic E-state index is 0.378. The number of aliphatic imine (C=N–C) groups is 1. The maximum Gasteiger partial charge on any atom is 0.407 e. The largest absolute Gasteiger partial charge is 0.444 e. The van der Waals surface area contributed by atoms with E-state index >= 15 is 0 Å². The highest BCUT2D eigenvalue weighted by atomic mass is 16.6. The van der Waals surface area contributed by atoms with Crippen LogP contribution in [0.5, 0.6) is 0 Å². The molecule has 1 fully saturated rings. The number of carbonyl (C=O) groups excluding carboxylic acids is 1. The van der Waals surface area contributed by atoms with Crippen molar-refractivity contribution >= 4 is 12.1 Å². The third-order valence-electron chi connectivity index (χ3n) is 3.52. The monoisotopic (exact) mass is 342 g/mol. The van der Waals surface area contributed by atoms with Gasteiger partial charge >= 0.3 is 6.09 Å². The van der Waals surface area contributed by atoms with Gasteiger partial charge in [-0.05, 0) is 40.5 Å². The lowest BCUT2D eigenvalue weighted by atomic mass is 10.1. The van der Waals surface area contributed by atoms with Crippen LogP contribution >= 0.6 is 0 Å². The molecule has 0 aromatic heterocycles. The Bertz CT molecular complexity index is 401. The molecule has 0 saturated carbocycles. The molecular weight excluding hydrogens is 308 g/mol. The van der Waals surface area contributed by atoms with Crippen LogP contribution in [0.1, 0.15) is 40.5 Å². The molecule has 1 aliphatic rings. The number of alkyl carbamates (subject to hydrolysis) is 1. The molecule has 0 aromatic carbocycles. The van der Waals surface area contributed by atoms with E-state index in [4.69, 9.17) is 9.47 Å². The van der Waals surface area contributed by atoms with Gasteiger partial charge in [-0.25, -0.2) is 4.79 Å². The molecule has 1 atom stereocenters. The molecule has 140 valence electrons. The molecular formula is C17H34N4O3. The average molecular weight is 342 g/mol. The number of hydrogen-bond donors (Lipinski definition) is 2. The van der Waals surface area contributed by atoms with Crippen LogP contribution in [0, 0.1) is 5.92 Å². The van der Waals surface area contributed by atoms with E-state index in [0.717, 1.165) is 45.1 Å². The molecule has 1 aliphatic heterocycles. The Morgan fingerprint density at radius 2 is 2.12 bits per heavy atom. The molecule has 7 heteroatoms. The first-order valence-corrected chi connectivity index (χ1v) is 8.86.